The Labute approximate surface area is 580 Å². The van der Waals surface area contributed by atoms with Gasteiger partial charge in [-0.1, -0.05) is 34.3 Å². The molecule has 5 aliphatic rings. The molecule has 3 aromatic heterocycles. The molecule has 4 unspecified atom stereocenters. The highest BCUT2D eigenvalue weighted by Crippen LogP contribution is 2.43. The monoisotopic (exact) mass is 1640 g/mol. The van der Waals surface area contributed by atoms with E-state index >= 15 is 0 Å². The molecule has 3 aromatic rings. The van der Waals surface area contributed by atoms with Crippen LogP contribution in [0.5, 0.6) is 0 Å². The number of ether oxygens (including phenoxy) is 4. The number of halogens is 1. The van der Waals surface area contributed by atoms with E-state index in [-0.39, 0.29) is 40.8 Å². The first-order chi connectivity index (χ1) is 45.8. The Morgan fingerprint density at radius 1 is 0.600 bits per heavy atom. The van der Waals surface area contributed by atoms with Gasteiger partial charge in [-0.15, -0.1) is 0 Å². The zero-order valence-corrected chi connectivity index (χ0v) is 60.8. The lowest BCUT2D eigenvalue weighted by Crippen LogP contribution is -2.43. The molecule has 0 radical (unpaired) electrons. The lowest BCUT2D eigenvalue weighted by molar-refractivity contribution is -0.117. The highest BCUT2D eigenvalue weighted by molar-refractivity contribution is 14.1. The molecule has 16 atom stereocenters. The van der Waals surface area contributed by atoms with Gasteiger partial charge in [-0.25, -0.2) is 37.6 Å². The van der Waals surface area contributed by atoms with Gasteiger partial charge in [-0.05, 0) is 54.1 Å². The number of phosphoric ester groups is 4. The molecule has 5 aliphatic heterocycles. The minimum absolute atomic E-state index is 0.0104. The number of carbonyl (C=O) groups excluding carboxylic acids is 1. The molecular formula is C49H81IN12O33P4Si. The highest BCUT2D eigenvalue weighted by atomic mass is 127. The van der Waals surface area contributed by atoms with Crippen LogP contribution in [0.15, 0.2) is 62.1 Å². The van der Waals surface area contributed by atoms with Crippen molar-refractivity contribution >= 4 is 91.4 Å². The molecule has 1 amide bonds. The molecule has 100 heavy (non-hydrogen) atoms. The first-order valence-corrected chi connectivity index (χ1v) is 39.2. The summed E-state index contributed by atoms with van der Waals surface area (Å²) in [5.74, 6) is 0.192. The Bertz CT molecular complexity index is 3730. The van der Waals surface area contributed by atoms with Gasteiger partial charge in [0.2, 0.25) is 5.91 Å². The maximum atomic E-state index is 12.3. The second-order valence-corrected chi connectivity index (χ2v) is 34.8. The van der Waals surface area contributed by atoms with E-state index in [0.717, 1.165) is 13.7 Å². The van der Waals surface area contributed by atoms with Crippen LogP contribution < -0.4 is 39.6 Å². The van der Waals surface area contributed by atoms with Crippen molar-refractivity contribution in [3.8, 4) is 0 Å². The van der Waals surface area contributed by atoms with Crippen molar-refractivity contribution in [1.29, 1.82) is 0 Å². The molecule has 4 fully saturated rings. The van der Waals surface area contributed by atoms with Gasteiger partial charge in [0.05, 0.1) is 36.6 Å². The molecule has 8 heterocycles. The quantitative estimate of drug-likeness (QED) is 0.0287. The molecule has 45 nitrogen and oxygen atoms in total. The topological polar surface area (TPSA) is 702 Å². The van der Waals surface area contributed by atoms with Crippen molar-refractivity contribution in [3.05, 3.63) is 88.9 Å². The maximum absolute atomic E-state index is 12.3. The molecular weight excluding hydrogens is 1560 g/mol. The number of aliphatic imine (C=N–C) groups is 1. The molecule has 8 rings (SSSR count). The van der Waals surface area contributed by atoms with Gasteiger partial charge in [0.1, 0.15) is 102 Å². The fourth-order valence-corrected chi connectivity index (χ4v) is 11.8. The van der Waals surface area contributed by atoms with Gasteiger partial charge in [-0.3, -0.25) is 36.6 Å². The van der Waals surface area contributed by atoms with Crippen molar-refractivity contribution in [2.75, 3.05) is 43.6 Å². The number of aromatic nitrogens is 6. The number of hydrogen-bond donors (Lipinski definition) is 20. The van der Waals surface area contributed by atoms with Crippen LogP contribution >= 0.6 is 53.9 Å². The molecule has 0 saturated carbocycles. The first-order valence-electron chi connectivity index (χ1n) is 29.1. The van der Waals surface area contributed by atoms with E-state index < -0.39 is 181 Å². The molecule has 51 heteroatoms. The Morgan fingerprint density at radius 3 is 1.30 bits per heavy atom. The maximum Gasteiger partial charge on any atom is 0.469 e. The van der Waals surface area contributed by atoms with E-state index in [0.29, 0.717) is 32.5 Å². The zero-order chi connectivity index (χ0) is 76.0. The highest BCUT2D eigenvalue weighted by Gasteiger charge is 2.50. The van der Waals surface area contributed by atoms with Gasteiger partial charge in [0.25, 0.3) is 0 Å². The third-order valence-electron chi connectivity index (χ3n) is 15.5. The SMILES string of the molecule is C=C1N=C(NC(C)=O)C(CC)=CN1[C@@H]1O[C@H](COP(=O)(O)O)[C@@H](O)C1O.CC(C)(C)[Si](C)(C)OCc1cn([C@@H]2O[C@H](COP(=O)(O)O)[C@@H](O)C2O)c(=O)nc1N.Cc1cn([C@@H]2O[C@H](COP(=O)(O)O)[C@@H](O)C2O)c(=O)nc1N.Nc1nc(=O)n([C@@H]2O[C@H](COP(=O)(O)O)[C@@H](O)C2O)cc1I. The van der Waals surface area contributed by atoms with Crippen molar-refractivity contribution in [2.45, 2.75) is 171 Å². The number of phosphoric acid groups is 4. The number of nitrogen functional groups attached to an aromatic ring is 3. The molecule has 0 aliphatic carbocycles. The number of aliphatic hydroxyl groups excluding tert-OH is 8. The third kappa shape index (κ3) is 23.4. The fraction of sp³-hybridized carbons (Fsp3) is 0.633. The number of aryl methyl sites for hydroxylation is 1. The van der Waals surface area contributed by atoms with Gasteiger partial charge in [0.15, 0.2) is 33.2 Å². The predicted octanol–water partition coefficient (Wildman–Crippen LogP) is -4.75. The van der Waals surface area contributed by atoms with E-state index in [2.05, 4.69) is 83.8 Å². The summed E-state index contributed by atoms with van der Waals surface area (Å²) < 4.78 is 90.9. The molecule has 4 saturated heterocycles. The molecule has 566 valence electrons. The van der Waals surface area contributed by atoms with Crippen LogP contribution in [0.3, 0.4) is 0 Å². The second-order valence-electron chi connectivity index (χ2n) is 23.9. The van der Waals surface area contributed by atoms with Crippen LogP contribution in [0, 0.1) is 10.5 Å². The summed E-state index contributed by atoms with van der Waals surface area (Å²) in [6.45, 7) is 16.3. The number of nitrogens with one attached hydrogen (secondary N) is 1. The van der Waals surface area contributed by atoms with Crippen LogP contribution in [0.2, 0.25) is 18.1 Å². The number of amides is 1. The summed E-state index contributed by atoms with van der Waals surface area (Å²) in [5, 5.41) is 82.8. The number of amidine groups is 1. The molecule has 23 N–H and O–H groups in total. The van der Waals surface area contributed by atoms with Crippen LogP contribution in [0.1, 0.15) is 70.9 Å². The average Bonchev–Trinajstić information content (AvgIpc) is 1.62. The number of aliphatic hydroxyl groups is 8. The summed E-state index contributed by atoms with van der Waals surface area (Å²) >= 11 is 1.82. The third-order valence-corrected chi connectivity index (χ3v) is 22.7. The van der Waals surface area contributed by atoms with Gasteiger partial charge in [-0.2, -0.15) is 15.0 Å². The number of nitrogens with zero attached hydrogens (tertiary/aromatic N) is 8. The summed E-state index contributed by atoms with van der Waals surface area (Å²) in [7, 11) is -21.2. The Hall–Kier alpha value is -4.67. The molecule has 0 spiro atoms. The van der Waals surface area contributed by atoms with Crippen LogP contribution in [-0.2, 0) is 71.1 Å². The Kier molecular flexibility index (Phi) is 29.7. The minimum Gasteiger partial charge on any atom is -0.412 e. The van der Waals surface area contributed by atoms with E-state index in [1.54, 1.807) is 13.1 Å². The zero-order valence-electron chi connectivity index (χ0n) is 54.1. The molecule has 0 bridgehead atoms. The standard InChI is InChI=1S/C16H30N3O9PSi.C14H22N3O8P.C10H16N3O8P.C9H13IN3O8P/c1-16(2,3)30(4,5)27-7-9-6-19(15(22)18-13(9)17)14-12(21)11(20)10(28-14)8-26-29(23,24)25;1-4-9-5-17(7(2)15-13(9)16-8(3)18)14-12(20)11(19)10(25-14)6-24-26(21,22)23;1-4-2-13(10(16)12-8(4)11)9-7(15)6(14)5(21-9)3-20-22(17,18)19;10-3-1-13(9(16)12-7(3)11)8-6(15)5(14)4(21-8)2-20-22(17,18)19/h6,10-12,14,20-21H,7-8H2,1-5H3,(H2,17,18,22)(H2,23,24,25);5,10-12,14,19-20H,2,4,6H2,1,3H3,(H,15,16,18)(H2,21,22,23);2,5-7,9,14-15H,3H2,1H3,(H2,11,12,16)(H2,17,18,19);1,4-6,8,14-15H,2H2,(H2,11,12,16)(H2,17,18,19)/t2*10-,11-,12?,14-;5-,6-,7?,9-;4-,5-,6?,8-/m1111/s1. The normalized spacial score (nSPS) is 28.1. The number of anilines is 3. The van der Waals surface area contributed by atoms with Gasteiger partial charge >= 0.3 is 48.4 Å². The Balaban J connectivity index is 0.000000242. The average molecular weight is 1650 g/mol. The van der Waals surface area contributed by atoms with Crippen molar-refractivity contribution in [3.63, 3.8) is 0 Å². The molecule has 0 aromatic carbocycles. The fourth-order valence-electron chi connectivity index (χ4n) is 9.08. The summed E-state index contributed by atoms with van der Waals surface area (Å²) in [5.41, 5.74) is 15.9. The second kappa shape index (κ2) is 34.5. The van der Waals surface area contributed by atoms with E-state index in [1.807, 2.05) is 29.5 Å². The van der Waals surface area contributed by atoms with Gasteiger partial charge < -0.3 is 131 Å². The van der Waals surface area contributed by atoms with Crippen molar-refractivity contribution in [1.82, 2.24) is 38.9 Å². The van der Waals surface area contributed by atoms with E-state index in [4.69, 9.17) is 79.7 Å². The predicted molar refractivity (Wildman–Crippen MR) is 349 cm³/mol. The van der Waals surface area contributed by atoms with Gasteiger partial charge in [0, 0.05) is 48.4 Å². The lowest BCUT2D eigenvalue weighted by atomic mass is 10.1. The summed E-state index contributed by atoms with van der Waals surface area (Å²) in [4.78, 5) is 133. The smallest absolute Gasteiger partial charge is 0.412 e. The summed E-state index contributed by atoms with van der Waals surface area (Å²) in [6.07, 6.45) is -15.8. The number of carbonyl (C=O) groups is 1. The van der Waals surface area contributed by atoms with Crippen LogP contribution in [0.4, 0.5) is 17.5 Å². The van der Waals surface area contributed by atoms with E-state index in [1.165, 1.54) is 30.4 Å². The van der Waals surface area contributed by atoms with E-state index in [9.17, 15) is 78.3 Å². The van der Waals surface area contributed by atoms with Crippen LogP contribution in [-0.4, -0.2) is 240 Å². The number of hydrogen-bond acceptors (Lipinski definition) is 33. The first kappa shape index (κ1) is 86.0. The number of nitrogens with two attached hydrogens (primary N) is 3. The Morgan fingerprint density at radius 2 is 0.940 bits per heavy atom. The van der Waals surface area contributed by atoms with Crippen LogP contribution in [0.25, 0.3) is 0 Å². The minimum atomic E-state index is -4.80. The number of rotatable bonds is 20. The summed E-state index contributed by atoms with van der Waals surface area (Å²) in [6, 6.07) is 0. The largest absolute Gasteiger partial charge is 0.469 e. The van der Waals surface area contributed by atoms with Crippen molar-refractivity contribution < 1.29 is 145 Å². The van der Waals surface area contributed by atoms with Crippen molar-refractivity contribution in [2.24, 2.45) is 4.99 Å². The lowest BCUT2D eigenvalue weighted by Gasteiger charge is -2.36.